The molecule has 5 heteroatoms. The number of nitrogens with two attached hydrogens (primary N) is 1. The van der Waals surface area contributed by atoms with Crippen LogP contribution in [0.25, 0.3) is 11.3 Å². The summed E-state index contributed by atoms with van der Waals surface area (Å²) < 4.78 is 6.75. The number of furan rings is 1. The summed E-state index contributed by atoms with van der Waals surface area (Å²) in [6.45, 7) is 2.10. The van der Waals surface area contributed by atoms with Gasteiger partial charge in [0.15, 0.2) is 0 Å². The van der Waals surface area contributed by atoms with Crippen LogP contribution in [0.15, 0.2) is 16.7 Å². The zero-order valence-electron chi connectivity index (χ0n) is 9.33. The first kappa shape index (κ1) is 11.1. The summed E-state index contributed by atoms with van der Waals surface area (Å²) in [7, 11) is 1.83. The molecule has 86 valence electrons. The lowest BCUT2D eigenvalue weighted by atomic mass is 10.1. The molecule has 16 heavy (non-hydrogen) atoms. The minimum absolute atomic E-state index is 0.357. The van der Waals surface area contributed by atoms with Gasteiger partial charge < -0.3 is 10.2 Å². The predicted molar refractivity (Wildman–Crippen MR) is 64.3 cm³/mol. The second-order valence-electron chi connectivity index (χ2n) is 3.69. The number of rotatable bonds is 3. The van der Waals surface area contributed by atoms with E-state index in [9.17, 15) is 0 Å². The summed E-state index contributed by atoms with van der Waals surface area (Å²) >= 11 is 5.95. The van der Waals surface area contributed by atoms with Gasteiger partial charge >= 0.3 is 0 Å². The summed E-state index contributed by atoms with van der Waals surface area (Å²) in [6.07, 6.45) is 3.45. The highest BCUT2D eigenvalue weighted by molar-refractivity contribution is 6.31. The zero-order chi connectivity index (χ0) is 11.7. The van der Waals surface area contributed by atoms with Gasteiger partial charge in [-0.05, 0) is 24.1 Å². The Bertz CT molecular complexity index is 501. The van der Waals surface area contributed by atoms with Crippen molar-refractivity contribution in [1.82, 2.24) is 9.78 Å². The number of anilines is 1. The smallest absolute Gasteiger partial charge is 0.202 e. The van der Waals surface area contributed by atoms with Gasteiger partial charge in [0.1, 0.15) is 11.5 Å². The number of aromatic nitrogens is 2. The lowest BCUT2D eigenvalue weighted by Gasteiger charge is -2.00. The van der Waals surface area contributed by atoms with Gasteiger partial charge in [0.25, 0.3) is 0 Å². The lowest BCUT2D eigenvalue weighted by molar-refractivity contribution is 0.570. The molecule has 0 fully saturated rings. The molecule has 0 atom stereocenters. The van der Waals surface area contributed by atoms with Gasteiger partial charge in [-0.15, -0.1) is 0 Å². The van der Waals surface area contributed by atoms with E-state index in [2.05, 4.69) is 12.0 Å². The second kappa shape index (κ2) is 4.22. The summed E-state index contributed by atoms with van der Waals surface area (Å²) in [4.78, 5) is 0. The van der Waals surface area contributed by atoms with E-state index in [1.807, 2.05) is 13.1 Å². The van der Waals surface area contributed by atoms with Gasteiger partial charge in [-0.1, -0.05) is 13.3 Å². The van der Waals surface area contributed by atoms with Crippen LogP contribution in [0.4, 0.5) is 5.82 Å². The molecule has 4 nitrogen and oxygen atoms in total. The van der Waals surface area contributed by atoms with Crippen LogP contribution < -0.4 is 5.73 Å². The fraction of sp³-hybridized carbons (Fsp3) is 0.364. The van der Waals surface area contributed by atoms with E-state index < -0.39 is 0 Å². The Morgan fingerprint density at radius 3 is 2.88 bits per heavy atom. The quantitative estimate of drug-likeness (QED) is 0.896. The highest BCUT2D eigenvalue weighted by atomic mass is 35.5. The first-order valence-corrected chi connectivity index (χ1v) is 5.57. The molecule has 0 spiro atoms. The van der Waals surface area contributed by atoms with Crippen molar-refractivity contribution in [2.24, 2.45) is 7.05 Å². The molecule has 2 N–H and O–H groups in total. The Morgan fingerprint density at radius 1 is 1.56 bits per heavy atom. The highest BCUT2D eigenvalue weighted by Crippen LogP contribution is 2.33. The molecule has 0 amide bonds. The minimum atomic E-state index is 0.357. The minimum Gasteiger partial charge on any atom is -0.452 e. The van der Waals surface area contributed by atoms with Crippen molar-refractivity contribution in [3.63, 3.8) is 0 Å². The molecule has 0 aliphatic carbocycles. The largest absolute Gasteiger partial charge is 0.452 e. The van der Waals surface area contributed by atoms with Crippen molar-refractivity contribution in [1.29, 1.82) is 0 Å². The molecule has 2 heterocycles. The van der Waals surface area contributed by atoms with Crippen LogP contribution in [0.2, 0.25) is 5.22 Å². The molecule has 0 radical (unpaired) electrons. The molecule has 0 aliphatic heterocycles. The standard InChI is InChI=1S/C11H14ClN3O/c1-3-4-8-9(14-15(2)11(8)13)7-5-6-16-10(7)12/h5-6H,3-4,13H2,1-2H3. The van der Waals surface area contributed by atoms with E-state index in [0.717, 1.165) is 29.7 Å². The Kier molecular flexibility index (Phi) is 2.92. The molecule has 0 saturated heterocycles. The molecule has 0 unspecified atom stereocenters. The molecule has 2 rings (SSSR count). The molecule has 0 saturated carbocycles. The first-order valence-electron chi connectivity index (χ1n) is 5.19. The van der Waals surface area contributed by atoms with E-state index in [-0.39, 0.29) is 0 Å². The van der Waals surface area contributed by atoms with Crippen LogP contribution in [0.3, 0.4) is 0 Å². The van der Waals surface area contributed by atoms with Gasteiger partial charge in [-0.2, -0.15) is 5.10 Å². The van der Waals surface area contributed by atoms with Crippen molar-refractivity contribution in [2.45, 2.75) is 19.8 Å². The number of aryl methyl sites for hydroxylation is 1. The van der Waals surface area contributed by atoms with E-state index in [1.165, 1.54) is 0 Å². The van der Waals surface area contributed by atoms with Gasteiger partial charge in [-0.3, -0.25) is 4.68 Å². The Labute approximate surface area is 99.0 Å². The van der Waals surface area contributed by atoms with Gasteiger partial charge in [0, 0.05) is 12.6 Å². The van der Waals surface area contributed by atoms with Crippen molar-refractivity contribution in [3.8, 4) is 11.3 Å². The van der Waals surface area contributed by atoms with Crippen molar-refractivity contribution in [2.75, 3.05) is 5.73 Å². The second-order valence-corrected chi connectivity index (χ2v) is 4.04. The Balaban J connectivity index is 2.56. The van der Waals surface area contributed by atoms with Crippen LogP contribution >= 0.6 is 11.6 Å². The van der Waals surface area contributed by atoms with Crippen molar-refractivity contribution < 1.29 is 4.42 Å². The normalized spacial score (nSPS) is 10.9. The number of nitrogen functional groups attached to an aromatic ring is 1. The van der Waals surface area contributed by atoms with Crippen LogP contribution in [-0.4, -0.2) is 9.78 Å². The third kappa shape index (κ3) is 1.69. The zero-order valence-corrected chi connectivity index (χ0v) is 10.1. The van der Waals surface area contributed by atoms with Crippen LogP contribution in [0, 0.1) is 0 Å². The number of halogens is 1. The molecule has 2 aromatic heterocycles. The third-order valence-electron chi connectivity index (χ3n) is 2.57. The third-order valence-corrected chi connectivity index (χ3v) is 2.86. The van der Waals surface area contributed by atoms with Crippen LogP contribution in [0.5, 0.6) is 0 Å². The van der Waals surface area contributed by atoms with Gasteiger partial charge in [-0.25, -0.2) is 0 Å². The topological polar surface area (TPSA) is 57.0 Å². The molecule has 0 aromatic carbocycles. The predicted octanol–water partition coefficient (Wildman–Crippen LogP) is 2.87. The van der Waals surface area contributed by atoms with E-state index in [0.29, 0.717) is 11.0 Å². The maximum absolute atomic E-state index is 5.97. The maximum Gasteiger partial charge on any atom is 0.202 e. The summed E-state index contributed by atoms with van der Waals surface area (Å²) in [5.74, 6) is 0.689. The fourth-order valence-corrected chi connectivity index (χ4v) is 1.96. The SMILES string of the molecule is CCCc1c(-c2ccoc2Cl)nn(C)c1N. The Morgan fingerprint density at radius 2 is 2.31 bits per heavy atom. The summed E-state index contributed by atoms with van der Waals surface area (Å²) in [5, 5.41) is 4.74. The summed E-state index contributed by atoms with van der Waals surface area (Å²) in [5.41, 5.74) is 8.63. The van der Waals surface area contributed by atoms with Gasteiger partial charge in [0.2, 0.25) is 5.22 Å². The average Bonchev–Trinajstić information content (AvgIpc) is 2.77. The van der Waals surface area contributed by atoms with Crippen LogP contribution in [0.1, 0.15) is 18.9 Å². The number of nitrogens with zero attached hydrogens (tertiary/aromatic N) is 2. The molecule has 2 aromatic rings. The monoisotopic (exact) mass is 239 g/mol. The fourth-order valence-electron chi connectivity index (χ4n) is 1.76. The molecular weight excluding hydrogens is 226 g/mol. The number of hydrogen-bond acceptors (Lipinski definition) is 3. The first-order chi connectivity index (χ1) is 7.65. The molecular formula is C11H14ClN3O. The van der Waals surface area contributed by atoms with E-state index >= 15 is 0 Å². The Hall–Kier alpha value is -1.42. The van der Waals surface area contributed by atoms with Crippen LogP contribution in [-0.2, 0) is 13.5 Å². The van der Waals surface area contributed by atoms with Crippen molar-refractivity contribution >= 4 is 17.4 Å². The lowest BCUT2D eigenvalue weighted by Crippen LogP contribution is -1.99. The van der Waals surface area contributed by atoms with Crippen molar-refractivity contribution in [3.05, 3.63) is 23.1 Å². The molecule has 0 bridgehead atoms. The summed E-state index contributed by atoms with van der Waals surface area (Å²) in [6, 6.07) is 1.81. The maximum atomic E-state index is 5.97. The number of hydrogen-bond donors (Lipinski definition) is 1. The van der Waals surface area contributed by atoms with E-state index in [4.69, 9.17) is 21.8 Å². The van der Waals surface area contributed by atoms with Gasteiger partial charge in [0.05, 0.1) is 11.8 Å². The molecule has 0 aliphatic rings. The highest BCUT2D eigenvalue weighted by Gasteiger charge is 2.18. The average molecular weight is 240 g/mol. The van der Waals surface area contributed by atoms with E-state index in [1.54, 1.807) is 10.9 Å².